The molecule has 0 aliphatic carbocycles. The highest BCUT2D eigenvalue weighted by Crippen LogP contribution is 2.13. The fourth-order valence-electron chi connectivity index (χ4n) is 2.55. The minimum atomic E-state index is -3.14. The maximum Gasteiger partial charge on any atom is 0.225 e. The van der Waals surface area contributed by atoms with E-state index in [1.54, 1.807) is 4.31 Å². The quantitative estimate of drug-likeness (QED) is 0.701. The molecule has 1 fully saturated rings. The number of carbonyl (C=O) groups excluding carboxylic acids is 1. The molecule has 1 aromatic rings. The van der Waals surface area contributed by atoms with Crippen LogP contribution in [0, 0.1) is 6.92 Å². The van der Waals surface area contributed by atoms with E-state index in [-0.39, 0.29) is 11.7 Å². The molecule has 7 heteroatoms. The summed E-state index contributed by atoms with van der Waals surface area (Å²) in [7, 11) is -3.14. The van der Waals surface area contributed by atoms with Crippen molar-refractivity contribution in [3.05, 3.63) is 29.8 Å². The molecule has 2 rings (SSSR count). The lowest BCUT2D eigenvalue weighted by molar-refractivity contribution is -0.116. The number of para-hydroxylation sites is 1. The number of hydrogen-bond acceptors (Lipinski definition) is 4. The number of sulfonamides is 1. The fraction of sp³-hybridized carbons (Fsp3) is 0.562. The van der Waals surface area contributed by atoms with Crippen LogP contribution in [-0.4, -0.2) is 50.6 Å². The van der Waals surface area contributed by atoms with E-state index in [1.165, 1.54) is 0 Å². The smallest absolute Gasteiger partial charge is 0.225 e. The zero-order valence-corrected chi connectivity index (χ0v) is 14.4. The molecule has 6 nitrogen and oxygen atoms in total. The molecule has 0 radical (unpaired) electrons. The first-order valence-electron chi connectivity index (χ1n) is 8.03. The van der Waals surface area contributed by atoms with Gasteiger partial charge in [-0.25, -0.2) is 12.7 Å². The van der Waals surface area contributed by atoms with Crippen LogP contribution in [0.4, 0.5) is 5.69 Å². The predicted molar refractivity (Wildman–Crippen MR) is 91.9 cm³/mol. The van der Waals surface area contributed by atoms with Crippen LogP contribution < -0.4 is 10.6 Å². The van der Waals surface area contributed by atoms with Crippen molar-refractivity contribution in [1.82, 2.24) is 9.62 Å². The van der Waals surface area contributed by atoms with E-state index in [1.807, 2.05) is 31.2 Å². The Morgan fingerprint density at radius 2 is 1.87 bits per heavy atom. The Bertz CT molecular complexity index is 625. The molecule has 1 heterocycles. The number of nitrogens with zero attached hydrogens (tertiary/aromatic N) is 1. The Morgan fingerprint density at radius 3 is 2.57 bits per heavy atom. The van der Waals surface area contributed by atoms with Crippen molar-refractivity contribution in [2.75, 3.05) is 37.2 Å². The fourth-order valence-corrected chi connectivity index (χ4v) is 4.02. The Labute approximate surface area is 138 Å². The van der Waals surface area contributed by atoms with E-state index in [2.05, 4.69) is 10.6 Å². The first-order chi connectivity index (χ1) is 11.0. The zero-order chi connectivity index (χ0) is 16.7. The molecular formula is C16H25N3O3S. The van der Waals surface area contributed by atoms with Gasteiger partial charge in [0.05, 0.1) is 5.75 Å². The monoisotopic (exact) mass is 339 g/mol. The number of benzene rings is 1. The highest BCUT2D eigenvalue weighted by Gasteiger charge is 2.24. The summed E-state index contributed by atoms with van der Waals surface area (Å²) in [5.41, 5.74) is 1.83. The van der Waals surface area contributed by atoms with Gasteiger partial charge in [-0.3, -0.25) is 4.79 Å². The summed E-state index contributed by atoms with van der Waals surface area (Å²) >= 11 is 0. The van der Waals surface area contributed by atoms with Crippen molar-refractivity contribution in [3.63, 3.8) is 0 Å². The Hall–Kier alpha value is -1.44. The Morgan fingerprint density at radius 1 is 1.17 bits per heavy atom. The van der Waals surface area contributed by atoms with Crippen LogP contribution in [0.15, 0.2) is 24.3 Å². The van der Waals surface area contributed by atoms with Gasteiger partial charge in [-0.05, 0) is 31.4 Å². The molecule has 1 aliphatic heterocycles. The molecule has 0 bridgehead atoms. The summed E-state index contributed by atoms with van der Waals surface area (Å²) in [6.45, 7) is 4.06. The van der Waals surface area contributed by atoms with Crippen molar-refractivity contribution in [1.29, 1.82) is 0 Å². The topological polar surface area (TPSA) is 78.5 Å². The SMILES string of the molecule is Cc1ccccc1NC(=O)CCNCCS(=O)(=O)N1CCCC1. The third kappa shape index (κ3) is 5.60. The molecule has 0 aromatic heterocycles. The molecule has 1 aliphatic rings. The number of aryl methyl sites for hydroxylation is 1. The van der Waals surface area contributed by atoms with E-state index in [0.29, 0.717) is 32.6 Å². The van der Waals surface area contributed by atoms with Gasteiger partial charge in [0.15, 0.2) is 0 Å². The van der Waals surface area contributed by atoms with Gasteiger partial charge in [-0.15, -0.1) is 0 Å². The van der Waals surface area contributed by atoms with Gasteiger partial charge in [0.2, 0.25) is 15.9 Å². The van der Waals surface area contributed by atoms with Gasteiger partial charge in [0.25, 0.3) is 0 Å². The summed E-state index contributed by atoms with van der Waals surface area (Å²) in [6.07, 6.45) is 2.22. The second-order valence-electron chi connectivity index (χ2n) is 5.79. The lowest BCUT2D eigenvalue weighted by Crippen LogP contribution is -2.35. The summed E-state index contributed by atoms with van der Waals surface area (Å²) in [4.78, 5) is 11.9. The summed E-state index contributed by atoms with van der Waals surface area (Å²) in [5, 5.41) is 5.89. The van der Waals surface area contributed by atoms with Crippen molar-refractivity contribution < 1.29 is 13.2 Å². The van der Waals surface area contributed by atoms with Crippen LogP contribution in [0.2, 0.25) is 0 Å². The maximum absolute atomic E-state index is 12.0. The number of rotatable bonds is 8. The van der Waals surface area contributed by atoms with Gasteiger partial charge in [0, 0.05) is 38.3 Å². The summed E-state index contributed by atoms with van der Waals surface area (Å²) in [6, 6.07) is 7.61. The molecule has 128 valence electrons. The van der Waals surface area contributed by atoms with E-state index >= 15 is 0 Å². The Kier molecular flexibility index (Phi) is 6.56. The molecule has 0 spiro atoms. The number of hydrogen-bond donors (Lipinski definition) is 2. The van der Waals surface area contributed by atoms with Crippen LogP contribution in [0.25, 0.3) is 0 Å². The first kappa shape index (κ1) is 17.9. The van der Waals surface area contributed by atoms with Gasteiger partial charge in [-0.1, -0.05) is 18.2 Å². The predicted octanol–water partition coefficient (Wildman–Crippen LogP) is 1.34. The third-order valence-corrected chi connectivity index (χ3v) is 5.82. The highest BCUT2D eigenvalue weighted by atomic mass is 32.2. The number of anilines is 1. The lowest BCUT2D eigenvalue weighted by Gasteiger charge is -2.15. The average molecular weight is 339 g/mol. The standard InChI is InChI=1S/C16H25N3O3S/c1-14-6-2-3-7-15(14)18-16(20)8-9-17-10-13-23(21,22)19-11-4-5-12-19/h2-3,6-7,17H,4-5,8-13H2,1H3,(H,18,20). The summed E-state index contributed by atoms with van der Waals surface area (Å²) < 4.78 is 25.6. The number of nitrogens with one attached hydrogen (secondary N) is 2. The molecular weight excluding hydrogens is 314 g/mol. The van der Waals surface area contributed by atoms with Crippen LogP contribution in [0.1, 0.15) is 24.8 Å². The van der Waals surface area contributed by atoms with Gasteiger partial charge >= 0.3 is 0 Å². The molecule has 1 aromatic carbocycles. The van der Waals surface area contributed by atoms with Gasteiger partial charge < -0.3 is 10.6 Å². The number of amides is 1. The maximum atomic E-state index is 12.0. The van der Waals surface area contributed by atoms with E-state index < -0.39 is 10.0 Å². The van der Waals surface area contributed by atoms with Crippen molar-refractivity contribution >= 4 is 21.6 Å². The molecule has 0 saturated carbocycles. The first-order valence-corrected chi connectivity index (χ1v) is 9.64. The molecule has 2 N–H and O–H groups in total. The average Bonchev–Trinajstić information content (AvgIpc) is 3.04. The van der Waals surface area contributed by atoms with Crippen molar-refractivity contribution in [2.24, 2.45) is 0 Å². The highest BCUT2D eigenvalue weighted by molar-refractivity contribution is 7.89. The Balaban J connectivity index is 1.63. The summed E-state index contributed by atoms with van der Waals surface area (Å²) in [5.74, 6) is 0.0149. The van der Waals surface area contributed by atoms with Crippen LogP contribution in [0.5, 0.6) is 0 Å². The van der Waals surface area contributed by atoms with E-state index in [9.17, 15) is 13.2 Å². The minimum absolute atomic E-state index is 0.0748. The van der Waals surface area contributed by atoms with Crippen LogP contribution >= 0.6 is 0 Å². The largest absolute Gasteiger partial charge is 0.326 e. The van der Waals surface area contributed by atoms with Crippen LogP contribution in [-0.2, 0) is 14.8 Å². The third-order valence-electron chi connectivity index (χ3n) is 3.94. The molecule has 23 heavy (non-hydrogen) atoms. The van der Waals surface area contributed by atoms with Crippen LogP contribution in [0.3, 0.4) is 0 Å². The molecule has 0 atom stereocenters. The van der Waals surface area contributed by atoms with Gasteiger partial charge in [-0.2, -0.15) is 0 Å². The van der Waals surface area contributed by atoms with Crippen molar-refractivity contribution in [3.8, 4) is 0 Å². The molecule has 1 saturated heterocycles. The second-order valence-corrected chi connectivity index (χ2v) is 7.87. The second kappa shape index (κ2) is 8.42. The van der Waals surface area contributed by atoms with Gasteiger partial charge in [0.1, 0.15) is 0 Å². The van der Waals surface area contributed by atoms with Crippen molar-refractivity contribution in [2.45, 2.75) is 26.2 Å². The lowest BCUT2D eigenvalue weighted by atomic mass is 10.2. The van der Waals surface area contributed by atoms with E-state index in [4.69, 9.17) is 0 Å². The number of carbonyl (C=O) groups is 1. The molecule has 0 unspecified atom stereocenters. The normalized spacial score (nSPS) is 15.7. The minimum Gasteiger partial charge on any atom is -0.326 e. The zero-order valence-electron chi connectivity index (χ0n) is 13.5. The van der Waals surface area contributed by atoms with E-state index in [0.717, 1.165) is 24.1 Å². The molecule has 1 amide bonds.